The van der Waals surface area contributed by atoms with Gasteiger partial charge in [0.25, 0.3) is 5.91 Å². The number of nitrogens with one attached hydrogen (secondary N) is 1. The molecule has 0 fully saturated rings. The summed E-state index contributed by atoms with van der Waals surface area (Å²) >= 11 is 0. The molecule has 0 radical (unpaired) electrons. The van der Waals surface area contributed by atoms with E-state index in [1.807, 2.05) is 91.0 Å². The number of hydrogen-bond acceptors (Lipinski definition) is 5. The summed E-state index contributed by atoms with van der Waals surface area (Å²) in [6, 6.07) is 28.9. The summed E-state index contributed by atoms with van der Waals surface area (Å²) in [7, 11) is -3.70. The quantitative estimate of drug-likeness (QED) is 0.224. The van der Waals surface area contributed by atoms with Gasteiger partial charge in [-0.1, -0.05) is 91.0 Å². The third kappa shape index (κ3) is 4.24. The first kappa shape index (κ1) is 28.7. The van der Waals surface area contributed by atoms with Crippen LogP contribution in [-0.4, -0.2) is 25.5 Å². The number of carbonyl (C=O) groups excluding carboxylic acids is 1. The average Bonchev–Trinajstić information content (AvgIpc) is 3.57. The van der Waals surface area contributed by atoms with E-state index in [9.17, 15) is 13.4 Å². The number of amides is 1. The topological polar surface area (TPSA) is 112 Å². The zero-order chi connectivity index (χ0) is 31.7. The minimum Gasteiger partial charge on any atom is -0.458 e. The molecule has 1 aromatic heterocycles. The number of carbonyl (C=O) groups is 1. The Labute approximate surface area is 266 Å². The molecule has 3 aliphatic rings. The van der Waals surface area contributed by atoms with Crippen molar-refractivity contribution in [1.29, 1.82) is 0 Å². The maximum Gasteiger partial charge on any atom is 0.270 e. The molecule has 2 heterocycles. The van der Waals surface area contributed by atoms with Crippen molar-refractivity contribution in [2.75, 3.05) is 5.32 Å². The molecule has 0 bridgehead atoms. The van der Waals surface area contributed by atoms with E-state index in [4.69, 9.17) is 14.2 Å². The van der Waals surface area contributed by atoms with E-state index in [1.165, 1.54) is 10.9 Å². The smallest absolute Gasteiger partial charge is 0.270 e. The van der Waals surface area contributed by atoms with Crippen LogP contribution in [0.4, 0.5) is 10.1 Å². The summed E-state index contributed by atoms with van der Waals surface area (Å²) in [5.41, 5.74) is 3.58. The predicted octanol–water partition coefficient (Wildman–Crippen LogP) is 5.70. The molecule has 10 heteroatoms. The van der Waals surface area contributed by atoms with E-state index in [2.05, 4.69) is 10.4 Å². The number of aromatic nitrogens is 2. The summed E-state index contributed by atoms with van der Waals surface area (Å²) in [5.74, 6) is -0.365. The van der Waals surface area contributed by atoms with Crippen molar-refractivity contribution in [3.05, 3.63) is 142 Å². The Bertz CT molecular complexity index is 2010. The Morgan fingerprint density at radius 1 is 0.891 bits per heavy atom. The molecular weight excluding hydrogens is 601 g/mol. The summed E-state index contributed by atoms with van der Waals surface area (Å²) in [6.07, 6.45) is 4.21. The second-order valence-corrected chi connectivity index (χ2v) is 14.1. The molecule has 1 amide bonds. The molecule has 0 saturated heterocycles. The van der Waals surface area contributed by atoms with Gasteiger partial charge in [-0.25, -0.2) is 18.4 Å². The molecule has 0 saturated carbocycles. The van der Waals surface area contributed by atoms with Crippen molar-refractivity contribution < 1.29 is 18.1 Å². The van der Waals surface area contributed by atoms with Crippen LogP contribution in [0.5, 0.6) is 5.88 Å². The van der Waals surface area contributed by atoms with E-state index >= 15 is 0 Å². The highest BCUT2D eigenvalue weighted by molar-refractivity contribution is 7.91. The zero-order valence-corrected chi connectivity index (χ0v) is 26.0. The summed E-state index contributed by atoms with van der Waals surface area (Å²) < 4.78 is 42.4. The number of ether oxygens (including phenoxy) is 1. The summed E-state index contributed by atoms with van der Waals surface area (Å²) in [6.45, 7) is 1.75. The minimum atomic E-state index is -3.70. The van der Waals surface area contributed by atoms with Gasteiger partial charge in [-0.15, -0.1) is 0 Å². The lowest BCUT2D eigenvalue weighted by atomic mass is 9.75. The van der Waals surface area contributed by atoms with Crippen molar-refractivity contribution in [2.45, 2.75) is 55.2 Å². The SMILES string of the molecule is CC1(C(=O)Nc2c3c(c(F)c4c2CC4)CC3)Cn2ncc(S(N)(=O)=NC(c3ccccc3)(c3ccccc3)c3ccccc3)c2O1. The molecule has 0 spiro atoms. The Morgan fingerprint density at radius 2 is 1.37 bits per heavy atom. The van der Waals surface area contributed by atoms with Gasteiger partial charge >= 0.3 is 0 Å². The van der Waals surface area contributed by atoms with Crippen molar-refractivity contribution >= 4 is 21.5 Å². The van der Waals surface area contributed by atoms with Crippen LogP contribution in [0.15, 0.2) is 106 Å². The number of nitrogens with zero attached hydrogens (tertiary/aromatic N) is 3. The third-order valence-electron chi connectivity index (χ3n) is 9.53. The standard InChI is InChI=1S/C36H32FN5O3S/c1-35(34(43)40-32-28-19-17-26(28)31(37)27-18-20-29(27)32)22-42-33(45-35)30(21-39-42)46(38,44)41-36(23-11-5-2-6-12-23,24-13-7-3-8-14-24)25-15-9-4-10-16-25/h2-16,21H,17-20,22H2,1H3,(H,40,43)(H2,38,41,44). The minimum absolute atomic E-state index is 0.0798. The van der Waals surface area contributed by atoms with Gasteiger partial charge in [-0.2, -0.15) is 9.46 Å². The van der Waals surface area contributed by atoms with Gasteiger partial charge in [0.05, 0.1) is 12.7 Å². The second-order valence-electron chi connectivity index (χ2n) is 12.3. The fourth-order valence-corrected chi connectivity index (χ4v) is 8.34. The normalized spacial score (nSPS) is 18.9. The van der Waals surface area contributed by atoms with E-state index in [-0.39, 0.29) is 29.0 Å². The molecule has 232 valence electrons. The van der Waals surface area contributed by atoms with Crippen LogP contribution >= 0.6 is 0 Å². The van der Waals surface area contributed by atoms with Crippen molar-refractivity contribution in [1.82, 2.24) is 9.78 Å². The summed E-state index contributed by atoms with van der Waals surface area (Å²) in [4.78, 5) is 13.9. The molecular formula is C36H32FN5O3S. The first-order chi connectivity index (χ1) is 22.2. The molecule has 4 aromatic carbocycles. The maximum absolute atomic E-state index is 14.8. The van der Waals surface area contributed by atoms with Gasteiger partial charge in [0, 0.05) is 5.69 Å². The van der Waals surface area contributed by atoms with Crippen LogP contribution in [-0.2, 0) is 52.5 Å². The second kappa shape index (κ2) is 10.4. The van der Waals surface area contributed by atoms with Crippen LogP contribution in [0, 0.1) is 5.82 Å². The van der Waals surface area contributed by atoms with Crippen molar-refractivity contribution in [3.8, 4) is 5.88 Å². The number of nitrogens with two attached hydrogens (primary N) is 1. The largest absolute Gasteiger partial charge is 0.458 e. The Morgan fingerprint density at radius 3 is 1.83 bits per heavy atom. The first-order valence-electron chi connectivity index (χ1n) is 15.4. The monoisotopic (exact) mass is 633 g/mol. The Hall–Kier alpha value is -4.80. The number of benzene rings is 4. The average molecular weight is 634 g/mol. The highest BCUT2D eigenvalue weighted by Crippen LogP contribution is 2.45. The zero-order valence-electron chi connectivity index (χ0n) is 25.2. The fourth-order valence-electron chi connectivity index (χ4n) is 6.92. The molecule has 2 unspecified atom stereocenters. The molecule has 1 aliphatic heterocycles. The van der Waals surface area contributed by atoms with Gasteiger partial charge in [0.15, 0.2) is 0 Å². The summed E-state index contributed by atoms with van der Waals surface area (Å²) in [5, 5.41) is 14.2. The van der Waals surface area contributed by atoms with Crippen LogP contribution in [0.25, 0.3) is 0 Å². The Kier molecular flexibility index (Phi) is 6.46. The lowest BCUT2D eigenvalue weighted by molar-refractivity contribution is -0.129. The lowest BCUT2D eigenvalue weighted by Gasteiger charge is -2.34. The van der Waals surface area contributed by atoms with Crippen LogP contribution in [0.2, 0.25) is 0 Å². The van der Waals surface area contributed by atoms with Gasteiger partial charge in [0.2, 0.25) is 11.5 Å². The van der Waals surface area contributed by atoms with Gasteiger partial charge in [-0.05, 0) is 71.6 Å². The fraction of sp³-hybridized carbons (Fsp3) is 0.222. The maximum atomic E-state index is 14.8. The van der Waals surface area contributed by atoms with Crippen LogP contribution < -0.4 is 15.2 Å². The van der Waals surface area contributed by atoms with E-state index in [0.29, 0.717) is 29.7 Å². The number of halogens is 1. The highest BCUT2D eigenvalue weighted by Gasteiger charge is 2.47. The van der Waals surface area contributed by atoms with Gasteiger partial charge < -0.3 is 10.1 Å². The number of hydrogen-bond donors (Lipinski definition) is 2. The van der Waals surface area contributed by atoms with Crippen LogP contribution in [0.3, 0.4) is 0 Å². The number of anilines is 1. The highest BCUT2D eigenvalue weighted by atomic mass is 32.2. The van der Waals surface area contributed by atoms with Crippen LogP contribution in [0.1, 0.15) is 45.9 Å². The lowest BCUT2D eigenvalue weighted by Crippen LogP contribution is -2.46. The Balaban J connectivity index is 1.20. The molecule has 5 aromatic rings. The number of rotatable bonds is 7. The molecule has 2 aliphatic carbocycles. The molecule has 8 rings (SSSR count). The van der Waals surface area contributed by atoms with E-state index in [1.54, 1.807) is 6.92 Å². The van der Waals surface area contributed by atoms with E-state index in [0.717, 1.165) is 40.7 Å². The van der Waals surface area contributed by atoms with Gasteiger partial charge in [-0.3, -0.25) is 4.79 Å². The van der Waals surface area contributed by atoms with Crippen molar-refractivity contribution in [3.63, 3.8) is 0 Å². The predicted molar refractivity (Wildman–Crippen MR) is 173 cm³/mol. The third-order valence-corrected chi connectivity index (χ3v) is 11.0. The van der Waals surface area contributed by atoms with Crippen molar-refractivity contribution in [2.24, 2.45) is 9.50 Å². The molecule has 8 nitrogen and oxygen atoms in total. The van der Waals surface area contributed by atoms with Gasteiger partial charge in [0.1, 0.15) is 26.2 Å². The first-order valence-corrected chi connectivity index (χ1v) is 16.9. The van der Waals surface area contributed by atoms with E-state index < -0.39 is 21.1 Å². The molecule has 2 atom stereocenters. The molecule has 3 N–H and O–H groups in total. The molecule has 46 heavy (non-hydrogen) atoms. The number of fused-ring (bicyclic) bond motifs is 3.